The van der Waals surface area contributed by atoms with Gasteiger partial charge in [-0.25, -0.2) is 0 Å². The lowest BCUT2D eigenvalue weighted by atomic mass is 10.0. The van der Waals surface area contributed by atoms with Gasteiger partial charge in [0.15, 0.2) is 0 Å². The lowest BCUT2D eigenvalue weighted by Gasteiger charge is -2.03. The van der Waals surface area contributed by atoms with Crippen LogP contribution >= 0.6 is 0 Å². The maximum absolute atomic E-state index is 2.35. The zero-order valence-electron chi connectivity index (χ0n) is 18.3. The van der Waals surface area contributed by atoms with Crippen LogP contribution in [0.25, 0.3) is 16.8 Å². The first-order valence-corrected chi connectivity index (χ1v) is 12.1. The predicted molar refractivity (Wildman–Crippen MR) is 128 cm³/mol. The number of allylic oxidation sites excluding steroid dienone is 1. The van der Waals surface area contributed by atoms with Crippen molar-refractivity contribution in [1.82, 2.24) is 0 Å². The van der Waals surface area contributed by atoms with Crippen molar-refractivity contribution in [1.29, 1.82) is 0 Å². The Bertz CT molecular complexity index is 652. The fourth-order valence-corrected chi connectivity index (χ4v) is 3.99. The first kappa shape index (κ1) is 22.7. The lowest BCUT2D eigenvalue weighted by Crippen LogP contribution is -1.83. The van der Waals surface area contributed by atoms with Crippen LogP contribution < -0.4 is 0 Å². The Kier molecular flexibility index (Phi) is 12.5. The maximum Gasteiger partial charge on any atom is -0.0178 e. The van der Waals surface area contributed by atoms with E-state index < -0.39 is 0 Å². The van der Waals surface area contributed by atoms with E-state index in [0.717, 1.165) is 0 Å². The Morgan fingerprint density at radius 2 is 1.11 bits per heavy atom. The minimum absolute atomic E-state index is 1.21. The largest absolute Gasteiger partial charge is 0.0839 e. The van der Waals surface area contributed by atoms with Gasteiger partial charge in [0.05, 0.1) is 0 Å². The molecular weight excluding hydrogens is 336 g/mol. The molecule has 0 nitrogen and oxygen atoms in total. The zero-order valence-corrected chi connectivity index (χ0v) is 18.3. The van der Waals surface area contributed by atoms with Gasteiger partial charge in [-0.1, -0.05) is 139 Å². The molecule has 0 bridgehead atoms. The second kappa shape index (κ2) is 15.4. The summed E-state index contributed by atoms with van der Waals surface area (Å²) in [5, 5.41) is 2.66. The molecule has 28 heavy (non-hydrogen) atoms. The van der Waals surface area contributed by atoms with E-state index in [1.807, 2.05) is 0 Å². The van der Waals surface area contributed by atoms with Crippen molar-refractivity contribution in [2.45, 2.75) is 103 Å². The number of fused-ring (bicyclic) bond motifs is 1. The predicted octanol–water partition coefficient (Wildman–Crippen LogP) is 9.72. The second-order valence-electron chi connectivity index (χ2n) is 8.39. The van der Waals surface area contributed by atoms with Crippen molar-refractivity contribution in [3.05, 3.63) is 54.1 Å². The molecule has 2 rings (SSSR count). The van der Waals surface area contributed by atoms with E-state index in [2.05, 4.69) is 61.5 Å². The van der Waals surface area contributed by atoms with Gasteiger partial charge in [-0.05, 0) is 35.2 Å². The summed E-state index contributed by atoms with van der Waals surface area (Å²) in [5.41, 5.74) is 1.32. The molecule has 0 aliphatic carbocycles. The van der Waals surface area contributed by atoms with Crippen LogP contribution in [0.2, 0.25) is 0 Å². The van der Waals surface area contributed by atoms with Gasteiger partial charge >= 0.3 is 0 Å². The number of rotatable bonds is 16. The molecule has 0 saturated heterocycles. The van der Waals surface area contributed by atoms with E-state index in [0.29, 0.717) is 0 Å². The number of hydrogen-bond donors (Lipinski definition) is 0. The number of hydrogen-bond acceptors (Lipinski definition) is 0. The van der Waals surface area contributed by atoms with Gasteiger partial charge in [-0.15, -0.1) is 0 Å². The van der Waals surface area contributed by atoms with Gasteiger partial charge in [0.25, 0.3) is 0 Å². The smallest absolute Gasteiger partial charge is 0.0178 e. The molecule has 0 heterocycles. The summed E-state index contributed by atoms with van der Waals surface area (Å²) in [6, 6.07) is 15.3. The fraction of sp³-hybridized carbons (Fsp3) is 0.571. The van der Waals surface area contributed by atoms with Crippen LogP contribution in [0.15, 0.2) is 48.5 Å². The van der Waals surface area contributed by atoms with E-state index in [9.17, 15) is 0 Å². The van der Waals surface area contributed by atoms with Gasteiger partial charge in [0.1, 0.15) is 0 Å². The SMILES string of the molecule is CCCCCCCCCCCCCCCC/C=C/c1ccc2ccccc2c1. The first-order chi connectivity index (χ1) is 13.9. The monoisotopic (exact) mass is 378 g/mol. The molecule has 0 amide bonds. The quantitative estimate of drug-likeness (QED) is 0.255. The summed E-state index contributed by atoms with van der Waals surface area (Å²) < 4.78 is 0. The first-order valence-electron chi connectivity index (χ1n) is 12.1. The Labute approximate surface area is 174 Å². The molecule has 0 radical (unpaired) electrons. The van der Waals surface area contributed by atoms with Crippen LogP contribution in [0, 0.1) is 0 Å². The topological polar surface area (TPSA) is 0 Å². The molecule has 0 N–H and O–H groups in total. The van der Waals surface area contributed by atoms with E-state index in [1.54, 1.807) is 0 Å². The van der Waals surface area contributed by atoms with E-state index in [1.165, 1.54) is 113 Å². The summed E-state index contributed by atoms with van der Waals surface area (Å²) in [4.78, 5) is 0. The molecule has 0 aliphatic rings. The summed E-state index contributed by atoms with van der Waals surface area (Å²) >= 11 is 0. The molecule has 0 aromatic heterocycles. The van der Waals surface area contributed by atoms with Gasteiger partial charge in [-0.3, -0.25) is 0 Å². The van der Waals surface area contributed by atoms with Crippen LogP contribution in [0.5, 0.6) is 0 Å². The highest BCUT2D eigenvalue weighted by Crippen LogP contribution is 2.17. The Morgan fingerprint density at radius 1 is 0.571 bits per heavy atom. The van der Waals surface area contributed by atoms with E-state index in [-0.39, 0.29) is 0 Å². The molecule has 0 unspecified atom stereocenters. The minimum atomic E-state index is 1.21. The third kappa shape index (κ3) is 10.1. The summed E-state index contributed by atoms with van der Waals surface area (Å²) in [6.45, 7) is 2.29. The summed E-state index contributed by atoms with van der Waals surface area (Å²) in [7, 11) is 0. The molecule has 0 aliphatic heterocycles. The Balaban J connectivity index is 1.40. The lowest BCUT2D eigenvalue weighted by molar-refractivity contribution is 0.536. The van der Waals surface area contributed by atoms with Crippen molar-refractivity contribution in [2.24, 2.45) is 0 Å². The molecule has 0 spiro atoms. The molecular formula is C28H42. The molecule has 0 heteroatoms. The molecule has 0 saturated carbocycles. The van der Waals surface area contributed by atoms with Gasteiger partial charge in [-0.2, -0.15) is 0 Å². The van der Waals surface area contributed by atoms with Crippen LogP contribution in [0.1, 0.15) is 109 Å². The molecule has 0 atom stereocenters. The zero-order chi connectivity index (χ0) is 19.7. The highest BCUT2D eigenvalue weighted by molar-refractivity contribution is 5.84. The molecule has 154 valence electrons. The Morgan fingerprint density at radius 3 is 1.71 bits per heavy atom. The number of unbranched alkanes of at least 4 members (excludes halogenated alkanes) is 14. The van der Waals surface area contributed by atoms with Crippen LogP contribution in [0.4, 0.5) is 0 Å². The standard InChI is InChI=1S/C28H42/c1-2-3-4-5-6-7-8-9-10-11-12-13-14-15-16-17-20-26-23-24-27-21-18-19-22-28(27)25-26/h17-25H,2-16H2,1H3/b20-17+. The highest BCUT2D eigenvalue weighted by Gasteiger charge is 1.95. The van der Waals surface area contributed by atoms with Crippen molar-refractivity contribution >= 4 is 16.8 Å². The van der Waals surface area contributed by atoms with Crippen molar-refractivity contribution in [2.75, 3.05) is 0 Å². The van der Waals surface area contributed by atoms with Gasteiger partial charge < -0.3 is 0 Å². The summed E-state index contributed by atoms with van der Waals surface area (Å²) in [6.07, 6.45) is 25.9. The Hall–Kier alpha value is -1.56. The van der Waals surface area contributed by atoms with Gasteiger partial charge in [0, 0.05) is 0 Å². The third-order valence-electron chi connectivity index (χ3n) is 5.81. The average molecular weight is 379 g/mol. The van der Waals surface area contributed by atoms with Crippen molar-refractivity contribution in [3.63, 3.8) is 0 Å². The van der Waals surface area contributed by atoms with Gasteiger partial charge in [0.2, 0.25) is 0 Å². The second-order valence-corrected chi connectivity index (χ2v) is 8.39. The van der Waals surface area contributed by atoms with Crippen LogP contribution in [-0.4, -0.2) is 0 Å². The average Bonchev–Trinajstić information content (AvgIpc) is 2.73. The number of benzene rings is 2. The molecule has 2 aromatic carbocycles. The van der Waals surface area contributed by atoms with Crippen molar-refractivity contribution < 1.29 is 0 Å². The normalized spacial score (nSPS) is 11.6. The fourth-order valence-electron chi connectivity index (χ4n) is 3.99. The van der Waals surface area contributed by atoms with E-state index in [4.69, 9.17) is 0 Å². The molecule has 2 aromatic rings. The van der Waals surface area contributed by atoms with Crippen LogP contribution in [0.3, 0.4) is 0 Å². The summed E-state index contributed by atoms with van der Waals surface area (Å²) in [5.74, 6) is 0. The van der Waals surface area contributed by atoms with E-state index >= 15 is 0 Å². The highest BCUT2D eigenvalue weighted by atomic mass is 14.0. The van der Waals surface area contributed by atoms with Crippen LogP contribution in [-0.2, 0) is 0 Å². The minimum Gasteiger partial charge on any atom is -0.0839 e. The maximum atomic E-state index is 2.35. The van der Waals surface area contributed by atoms with Crippen molar-refractivity contribution in [3.8, 4) is 0 Å². The molecule has 0 fully saturated rings. The third-order valence-corrected chi connectivity index (χ3v) is 5.81.